The summed E-state index contributed by atoms with van der Waals surface area (Å²) in [5.74, 6) is -0.679. The summed E-state index contributed by atoms with van der Waals surface area (Å²) in [5.41, 5.74) is 0. The highest BCUT2D eigenvalue weighted by molar-refractivity contribution is 5.77. The predicted octanol–water partition coefficient (Wildman–Crippen LogP) is 2.06. The average molecular weight is 216 g/mol. The molecule has 0 spiro atoms. The standard InChI is InChI=1S/C11H20O4/c1-4-5-8-14-10(12)6-7-11(13)15-9(2)3/h9H,4-8H2,1-3H3. The minimum atomic E-state index is -0.350. The largest absolute Gasteiger partial charge is 0.466 e. The first-order chi connectivity index (χ1) is 7.06. The van der Waals surface area contributed by atoms with Crippen LogP contribution in [0.5, 0.6) is 0 Å². The van der Waals surface area contributed by atoms with Crippen LogP contribution < -0.4 is 0 Å². The first-order valence-corrected chi connectivity index (χ1v) is 5.41. The van der Waals surface area contributed by atoms with E-state index < -0.39 is 0 Å². The molecule has 0 bridgehead atoms. The molecule has 0 aliphatic heterocycles. The van der Waals surface area contributed by atoms with E-state index in [9.17, 15) is 9.59 Å². The Morgan fingerprint density at radius 1 is 1.13 bits per heavy atom. The molecule has 0 aliphatic carbocycles. The second-order valence-electron chi connectivity index (χ2n) is 3.61. The number of esters is 2. The van der Waals surface area contributed by atoms with Gasteiger partial charge in [-0.1, -0.05) is 13.3 Å². The van der Waals surface area contributed by atoms with Crippen molar-refractivity contribution in [2.24, 2.45) is 0 Å². The third-order valence-electron chi connectivity index (χ3n) is 1.66. The Morgan fingerprint density at radius 2 is 1.73 bits per heavy atom. The lowest BCUT2D eigenvalue weighted by Crippen LogP contribution is -2.14. The minimum absolute atomic E-state index is 0.100. The Labute approximate surface area is 90.9 Å². The second kappa shape index (κ2) is 8.26. The Bertz CT molecular complexity index is 199. The van der Waals surface area contributed by atoms with Crippen LogP contribution in [0.25, 0.3) is 0 Å². The molecule has 0 aromatic rings. The van der Waals surface area contributed by atoms with Gasteiger partial charge >= 0.3 is 11.9 Å². The van der Waals surface area contributed by atoms with Crippen molar-refractivity contribution in [3.05, 3.63) is 0 Å². The zero-order chi connectivity index (χ0) is 11.7. The Hall–Kier alpha value is -1.06. The fourth-order valence-electron chi connectivity index (χ4n) is 0.928. The number of hydrogen-bond donors (Lipinski definition) is 0. The number of carbonyl (C=O) groups is 2. The van der Waals surface area contributed by atoms with E-state index in [0.717, 1.165) is 12.8 Å². The summed E-state index contributed by atoms with van der Waals surface area (Å²) in [6, 6.07) is 0. The molecule has 0 saturated heterocycles. The Morgan fingerprint density at radius 3 is 2.27 bits per heavy atom. The Kier molecular flexibility index (Phi) is 7.68. The van der Waals surface area contributed by atoms with Gasteiger partial charge in [0.15, 0.2) is 0 Å². The maximum Gasteiger partial charge on any atom is 0.306 e. The summed E-state index contributed by atoms with van der Waals surface area (Å²) in [6.45, 7) is 6.01. The van der Waals surface area contributed by atoms with Gasteiger partial charge in [-0.15, -0.1) is 0 Å². The van der Waals surface area contributed by atoms with E-state index in [4.69, 9.17) is 9.47 Å². The normalized spacial score (nSPS) is 10.1. The molecule has 0 aliphatic rings. The van der Waals surface area contributed by atoms with E-state index in [0.29, 0.717) is 6.61 Å². The van der Waals surface area contributed by atoms with Crippen molar-refractivity contribution < 1.29 is 19.1 Å². The lowest BCUT2D eigenvalue weighted by molar-refractivity contribution is -0.152. The minimum Gasteiger partial charge on any atom is -0.466 e. The summed E-state index contributed by atoms with van der Waals surface area (Å²) in [5, 5.41) is 0. The van der Waals surface area contributed by atoms with Crippen molar-refractivity contribution in [3.63, 3.8) is 0 Å². The van der Waals surface area contributed by atoms with Crippen molar-refractivity contribution in [1.29, 1.82) is 0 Å². The number of ether oxygens (including phenoxy) is 2. The van der Waals surface area contributed by atoms with E-state index in [1.165, 1.54) is 0 Å². The molecule has 88 valence electrons. The van der Waals surface area contributed by atoms with Crippen LogP contribution in [0.15, 0.2) is 0 Å². The SMILES string of the molecule is CCCCOC(=O)CCC(=O)OC(C)C. The van der Waals surface area contributed by atoms with Gasteiger partial charge in [-0.3, -0.25) is 9.59 Å². The highest BCUT2D eigenvalue weighted by atomic mass is 16.5. The molecule has 0 N–H and O–H groups in total. The molecule has 0 rings (SSSR count). The molecular formula is C11H20O4. The zero-order valence-electron chi connectivity index (χ0n) is 9.75. The number of carbonyl (C=O) groups excluding carboxylic acids is 2. The third-order valence-corrected chi connectivity index (χ3v) is 1.66. The van der Waals surface area contributed by atoms with Gasteiger partial charge < -0.3 is 9.47 Å². The molecular weight excluding hydrogens is 196 g/mol. The van der Waals surface area contributed by atoms with E-state index in [2.05, 4.69) is 0 Å². The third kappa shape index (κ3) is 9.25. The molecule has 0 aromatic carbocycles. The van der Waals surface area contributed by atoms with Gasteiger partial charge in [-0.2, -0.15) is 0 Å². The van der Waals surface area contributed by atoms with Gasteiger partial charge in [0.25, 0.3) is 0 Å². The van der Waals surface area contributed by atoms with Crippen LogP contribution in [0.3, 0.4) is 0 Å². The first-order valence-electron chi connectivity index (χ1n) is 5.41. The van der Waals surface area contributed by atoms with E-state index in [1.807, 2.05) is 6.92 Å². The van der Waals surface area contributed by atoms with Crippen LogP contribution in [0, 0.1) is 0 Å². The highest BCUT2D eigenvalue weighted by Crippen LogP contribution is 1.99. The monoisotopic (exact) mass is 216 g/mol. The fourth-order valence-corrected chi connectivity index (χ4v) is 0.928. The summed E-state index contributed by atoms with van der Waals surface area (Å²) in [6.07, 6.45) is 1.93. The van der Waals surface area contributed by atoms with Crippen molar-refractivity contribution in [2.45, 2.75) is 52.6 Å². The molecule has 0 aromatic heterocycles. The summed E-state index contributed by atoms with van der Waals surface area (Å²) in [7, 11) is 0. The first kappa shape index (κ1) is 13.9. The van der Waals surface area contributed by atoms with Crippen LogP contribution in [0.1, 0.15) is 46.5 Å². The second-order valence-corrected chi connectivity index (χ2v) is 3.61. The maximum absolute atomic E-state index is 11.1. The average Bonchev–Trinajstić information content (AvgIpc) is 2.14. The number of unbranched alkanes of at least 4 members (excludes halogenated alkanes) is 1. The van der Waals surface area contributed by atoms with E-state index in [1.54, 1.807) is 13.8 Å². The van der Waals surface area contributed by atoms with Gasteiger partial charge in [0, 0.05) is 0 Å². The molecule has 0 amide bonds. The summed E-state index contributed by atoms with van der Waals surface area (Å²) in [4.78, 5) is 22.1. The zero-order valence-corrected chi connectivity index (χ0v) is 9.75. The molecule has 0 heterocycles. The van der Waals surface area contributed by atoms with Crippen LogP contribution in [-0.4, -0.2) is 24.6 Å². The maximum atomic E-state index is 11.1. The summed E-state index contributed by atoms with van der Waals surface area (Å²) < 4.78 is 9.77. The molecule has 15 heavy (non-hydrogen) atoms. The van der Waals surface area contributed by atoms with Crippen molar-refractivity contribution >= 4 is 11.9 Å². The van der Waals surface area contributed by atoms with Gasteiger partial charge in [-0.05, 0) is 20.3 Å². The van der Waals surface area contributed by atoms with Crippen LogP contribution in [0.4, 0.5) is 0 Å². The lowest BCUT2D eigenvalue weighted by atomic mass is 10.3. The van der Waals surface area contributed by atoms with Gasteiger partial charge in [0.1, 0.15) is 0 Å². The van der Waals surface area contributed by atoms with Crippen LogP contribution in [0.2, 0.25) is 0 Å². The van der Waals surface area contributed by atoms with Crippen LogP contribution in [-0.2, 0) is 19.1 Å². The molecule has 0 unspecified atom stereocenters. The molecule has 0 radical (unpaired) electrons. The lowest BCUT2D eigenvalue weighted by Gasteiger charge is -2.07. The van der Waals surface area contributed by atoms with Gasteiger partial charge in [0.05, 0.1) is 25.6 Å². The van der Waals surface area contributed by atoms with Gasteiger partial charge in [-0.25, -0.2) is 0 Å². The van der Waals surface area contributed by atoms with E-state index in [-0.39, 0.29) is 30.9 Å². The molecule has 0 atom stereocenters. The predicted molar refractivity (Wildman–Crippen MR) is 56.3 cm³/mol. The molecule has 4 heteroatoms. The molecule has 0 fully saturated rings. The van der Waals surface area contributed by atoms with E-state index >= 15 is 0 Å². The molecule has 0 saturated carbocycles. The van der Waals surface area contributed by atoms with Crippen LogP contribution >= 0.6 is 0 Å². The smallest absolute Gasteiger partial charge is 0.306 e. The fraction of sp³-hybridized carbons (Fsp3) is 0.818. The highest BCUT2D eigenvalue weighted by Gasteiger charge is 2.09. The van der Waals surface area contributed by atoms with Crippen molar-refractivity contribution in [2.75, 3.05) is 6.61 Å². The number of rotatable bonds is 7. The van der Waals surface area contributed by atoms with Crippen molar-refractivity contribution in [3.8, 4) is 0 Å². The van der Waals surface area contributed by atoms with Crippen molar-refractivity contribution in [1.82, 2.24) is 0 Å². The molecule has 4 nitrogen and oxygen atoms in total. The summed E-state index contributed by atoms with van der Waals surface area (Å²) >= 11 is 0. The topological polar surface area (TPSA) is 52.6 Å². The Balaban J connectivity index is 3.49. The number of hydrogen-bond acceptors (Lipinski definition) is 4. The van der Waals surface area contributed by atoms with Gasteiger partial charge in [0.2, 0.25) is 0 Å². The quantitative estimate of drug-likeness (QED) is 0.483.